The summed E-state index contributed by atoms with van der Waals surface area (Å²) in [6, 6.07) is 15.9. The zero-order valence-electron chi connectivity index (χ0n) is 19.1. The lowest BCUT2D eigenvalue weighted by molar-refractivity contribution is 0.122. The average Bonchev–Trinajstić information content (AvgIpc) is 2.89. The second-order valence-corrected chi connectivity index (χ2v) is 8.93. The standard InChI is InChI=1S/C25H26ClN7O/c1-18-17-32(24-20(16-27)3-2-8-28-24)9-10-33(18)23-15-22(19-4-6-21(26)7-5-19)29-25(30-23)31-11-13-34-14-12-31/h2-8,15,18H,9-14,17H2,1H3. The first-order valence-corrected chi connectivity index (χ1v) is 11.8. The van der Waals surface area contributed by atoms with Crippen LogP contribution in [0.1, 0.15) is 12.5 Å². The number of hydrogen-bond donors (Lipinski definition) is 0. The highest BCUT2D eigenvalue weighted by Gasteiger charge is 2.28. The maximum Gasteiger partial charge on any atom is 0.228 e. The molecule has 5 rings (SSSR count). The van der Waals surface area contributed by atoms with Crippen molar-refractivity contribution in [3.63, 3.8) is 0 Å². The number of pyridine rings is 1. The van der Waals surface area contributed by atoms with Crippen LogP contribution >= 0.6 is 11.6 Å². The molecule has 2 aliphatic heterocycles. The fraction of sp³-hybridized carbons (Fsp3) is 0.360. The predicted molar refractivity (Wildman–Crippen MR) is 133 cm³/mol. The fourth-order valence-electron chi connectivity index (χ4n) is 4.47. The summed E-state index contributed by atoms with van der Waals surface area (Å²) in [4.78, 5) is 21.0. The molecule has 2 aliphatic rings. The summed E-state index contributed by atoms with van der Waals surface area (Å²) < 4.78 is 5.53. The van der Waals surface area contributed by atoms with E-state index in [9.17, 15) is 5.26 Å². The number of piperazine rings is 1. The average molecular weight is 476 g/mol. The van der Waals surface area contributed by atoms with E-state index in [1.54, 1.807) is 12.3 Å². The van der Waals surface area contributed by atoms with Crippen molar-refractivity contribution in [2.45, 2.75) is 13.0 Å². The molecule has 4 heterocycles. The molecule has 0 aliphatic carbocycles. The van der Waals surface area contributed by atoms with Gasteiger partial charge in [-0.3, -0.25) is 0 Å². The van der Waals surface area contributed by atoms with Crippen molar-refractivity contribution in [1.29, 1.82) is 5.26 Å². The van der Waals surface area contributed by atoms with Crippen LogP contribution in [0.25, 0.3) is 11.3 Å². The molecule has 2 saturated heterocycles. The fourth-order valence-corrected chi connectivity index (χ4v) is 4.60. The van der Waals surface area contributed by atoms with Crippen LogP contribution in [0.2, 0.25) is 5.02 Å². The van der Waals surface area contributed by atoms with E-state index in [-0.39, 0.29) is 6.04 Å². The van der Waals surface area contributed by atoms with Crippen molar-refractivity contribution in [3.8, 4) is 17.3 Å². The zero-order chi connectivity index (χ0) is 23.5. The first-order chi connectivity index (χ1) is 16.6. The number of rotatable bonds is 4. The van der Waals surface area contributed by atoms with Gasteiger partial charge in [0.25, 0.3) is 0 Å². The number of benzene rings is 1. The minimum Gasteiger partial charge on any atom is -0.378 e. The van der Waals surface area contributed by atoms with Gasteiger partial charge in [-0.15, -0.1) is 0 Å². The number of anilines is 3. The van der Waals surface area contributed by atoms with E-state index in [0.717, 1.165) is 61.6 Å². The van der Waals surface area contributed by atoms with E-state index in [4.69, 9.17) is 26.3 Å². The Morgan fingerprint density at radius 1 is 1.03 bits per heavy atom. The van der Waals surface area contributed by atoms with Crippen LogP contribution in [0.15, 0.2) is 48.7 Å². The first kappa shape index (κ1) is 22.4. The molecule has 0 saturated carbocycles. The molecule has 34 heavy (non-hydrogen) atoms. The van der Waals surface area contributed by atoms with Crippen molar-refractivity contribution in [3.05, 3.63) is 59.2 Å². The molecule has 0 spiro atoms. The zero-order valence-corrected chi connectivity index (χ0v) is 19.8. The van der Waals surface area contributed by atoms with Crippen LogP contribution in [0.4, 0.5) is 17.6 Å². The third kappa shape index (κ3) is 4.63. The van der Waals surface area contributed by atoms with Crippen molar-refractivity contribution < 1.29 is 4.74 Å². The molecule has 0 N–H and O–H groups in total. The lowest BCUT2D eigenvalue weighted by Gasteiger charge is -2.41. The molecule has 174 valence electrons. The Balaban J connectivity index is 1.46. The van der Waals surface area contributed by atoms with Crippen LogP contribution < -0.4 is 14.7 Å². The van der Waals surface area contributed by atoms with E-state index in [2.05, 4.69) is 38.7 Å². The summed E-state index contributed by atoms with van der Waals surface area (Å²) >= 11 is 6.12. The molecule has 8 nitrogen and oxygen atoms in total. The van der Waals surface area contributed by atoms with Gasteiger partial charge in [0.1, 0.15) is 17.7 Å². The van der Waals surface area contributed by atoms with Crippen LogP contribution in [-0.4, -0.2) is 66.9 Å². The van der Waals surface area contributed by atoms with Gasteiger partial charge >= 0.3 is 0 Å². The lowest BCUT2D eigenvalue weighted by atomic mass is 10.1. The SMILES string of the molecule is CC1CN(c2ncccc2C#N)CCN1c1cc(-c2ccc(Cl)cc2)nc(N2CCOCC2)n1. The Hall–Kier alpha value is -3.41. The molecule has 9 heteroatoms. The van der Waals surface area contributed by atoms with E-state index >= 15 is 0 Å². The largest absolute Gasteiger partial charge is 0.378 e. The summed E-state index contributed by atoms with van der Waals surface area (Å²) in [5, 5.41) is 10.2. The van der Waals surface area contributed by atoms with E-state index in [1.165, 1.54) is 0 Å². The number of nitriles is 1. The lowest BCUT2D eigenvalue weighted by Crippen LogP contribution is -2.53. The Labute approximate surface area is 204 Å². The number of hydrogen-bond acceptors (Lipinski definition) is 8. The van der Waals surface area contributed by atoms with Crippen molar-refractivity contribution >= 4 is 29.2 Å². The van der Waals surface area contributed by atoms with Crippen LogP contribution in [-0.2, 0) is 4.74 Å². The molecular formula is C25H26ClN7O. The molecule has 0 bridgehead atoms. The van der Waals surface area contributed by atoms with Gasteiger partial charge in [0.2, 0.25) is 5.95 Å². The van der Waals surface area contributed by atoms with Gasteiger partial charge in [-0.2, -0.15) is 10.2 Å². The highest BCUT2D eigenvalue weighted by molar-refractivity contribution is 6.30. The smallest absolute Gasteiger partial charge is 0.228 e. The van der Waals surface area contributed by atoms with Crippen molar-refractivity contribution in [2.24, 2.45) is 0 Å². The second kappa shape index (κ2) is 9.84. The number of ether oxygens (including phenoxy) is 1. The summed E-state index contributed by atoms with van der Waals surface area (Å²) in [6.07, 6.45) is 1.74. The molecule has 1 unspecified atom stereocenters. The quantitative estimate of drug-likeness (QED) is 0.566. The highest BCUT2D eigenvalue weighted by Crippen LogP contribution is 2.29. The molecule has 0 amide bonds. The van der Waals surface area contributed by atoms with Crippen LogP contribution in [0, 0.1) is 11.3 Å². The molecule has 2 aromatic heterocycles. The van der Waals surface area contributed by atoms with E-state index < -0.39 is 0 Å². The van der Waals surface area contributed by atoms with E-state index in [0.29, 0.717) is 23.8 Å². The number of nitrogens with zero attached hydrogens (tertiary/aromatic N) is 7. The monoisotopic (exact) mass is 475 g/mol. The number of morpholine rings is 1. The molecule has 1 aromatic carbocycles. The third-order valence-corrected chi connectivity index (χ3v) is 6.52. The van der Waals surface area contributed by atoms with Crippen molar-refractivity contribution in [2.75, 3.05) is 60.6 Å². The summed E-state index contributed by atoms with van der Waals surface area (Å²) in [5.41, 5.74) is 2.47. The highest BCUT2D eigenvalue weighted by atomic mass is 35.5. The summed E-state index contributed by atoms with van der Waals surface area (Å²) in [6.45, 7) is 7.32. The predicted octanol–water partition coefficient (Wildman–Crippen LogP) is 3.62. The second-order valence-electron chi connectivity index (χ2n) is 8.49. The van der Waals surface area contributed by atoms with Crippen LogP contribution in [0.5, 0.6) is 0 Å². The van der Waals surface area contributed by atoms with Gasteiger partial charge in [-0.05, 0) is 31.2 Å². The van der Waals surface area contributed by atoms with Gasteiger partial charge in [0, 0.05) is 61.6 Å². The Morgan fingerprint density at radius 2 is 1.82 bits per heavy atom. The number of halogens is 1. The van der Waals surface area contributed by atoms with Crippen LogP contribution in [0.3, 0.4) is 0 Å². The maximum atomic E-state index is 9.49. The topological polar surface area (TPSA) is 81.4 Å². The van der Waals surface area contributed by atoms with Crippen molar-refractivity contribution in [1.82, 2.24) is 15.0 Å². The normalized spacial score (nSPS) is 18.6. The third-order valence-electron chi connectivity index (χ3n) is 6.26. The van der Waals surface area contributed by atoms with Gasteiger partial charge in [0.05, 0.1) is 24.5 Å². The Kier molecular flexibility index (Phi) is 6.48. The molecule has 2 fully saturated rings. The molecule has 0 radical (unpaired) electrons. The van der Waals surface area contributed by atoms with Gasteiger partial charge in [-0.1, -0.05) is 23.7 Å². The van der Waals surface area contributed by atoms with Gasteiger partial charge < -0.3 is 19.4 Å². The Morgan fingerprint density at radius 3 is 2.56 bits per heavy atom. The summed E-state index contributed by atoms with van der Waals surface area (Å²) in [7, 11) is 0. The van der Waals surface area contributed by atoms with E-state index in [1.807, 2.05) is 30.3 Å². The number of aromatic nitrogens is 3. The minimum atomic E-state index is 0.174. The first-order valence-electron chi connectivity index (χ1n) is 11.5. The molecular weight excluding hydrogens is 450 g/mol. The minimum absolute atomic E-state index is 0.174. The molecule has 1 atom stereocenters. The van der Waals surface area contributed by atoms with Gasteiger partial charge in [-0.25, -0.2) is 9.97 Å². The maximum absolute atomic E-state index is 9.49. The summed E-state index contributed by atoms with van der Waals surface area (Å²) in [5.74, 6) is 2.36. The molecule has 3 aromatic rings. The van der Waals surface area contributed by atoms with Gasteiger partial charge in [0.15, 0.2) is 0 Å². The Bertz CT molecular complexity index is 1190.